The molecule has 134 valence electrons. The van der Waals surface area contributed by atoms with Gasteiger partial charge in [0.05, 0.1) is 12.6 Å². The van der Waals surface area contributed by atoms with E-state index in [2.05, 4.69) is 21.6 Å². The van der Waals surface area contributed by atoms with Gasteiger partial charge in [0, 0.05) is 11.4 Å². The molecule has 2 aromatic rings. The second-order valence-electron chi connectivity index (χ2n) is 6.08. The van der Waals surface area contributed by atoms with Crippen LogP contribution in [-0.2, 0) is 0 Å². The highest BCUT2D eigenvalue weighted by Gasteiger charge is 2.21. The summed E-state index contributed by atoms with van der Waals surface area (Å²) in [6, 6.07) is 11.6. The van der Waals surface area contributed by atoms with E-state index in [1.54, 1.807) is 11.3 Å². The molecule has 0 bridgehead atoms. The van der Waals surface area contributed by atoms with E-state index in [0.717, 1.165) is 5.75 Å². The lowest BCUT2D eigenvalue weighted by atomic mass is 10.2. The van der Waals surface area contributed by atoms with Gasteiger partial charge < -0.3 is 25.0 Å². The van der Waals surface area contributed by atoms with Crippen molar-refractivity contribution in [3.63, 3.8) is 0 Å². The standard InChI is InChI=1S/C18H23N3O3S/c1-21(2)14(17-8-5-9-25-17)11-20-18(22)19-10-13-12-23-15-6-3-4-7-16(15)24-13/h3-9,13-14H,10-12H2,1-2H3,(H2,19,20,22). The first-order valence-corrected chi connectivity index (χ1v) is 9.11. The van der Waals surface area contributed by atoms with Crippen LogP contribution in [0.25, 0.3) is 0 Å². The van der Waals surface area contributed by atoms with Gasteiger partial charge in [-0.2, -0.15) is 0 Å². The fourth-order valence-corrected chi connectivity index (χ4v) is 3.56. The minimum absolute atomic E-state index is 0.159. The predicted molar refractivity (Wildman–Crippen MR) is 98.5 cm³/mol. The van der Waals surface area contributed by atoms with Crippen molar-refractivity contribution in [3.8, 4) is 11.5 Å². The number of carbonyl (C=O) groups is 1. The first-order chi connectivity index (χ1) is 12.1. The monoisotopic (exact) mass is 361 g/mol. The normalized spacial score (nSPS) is 17.2. The molecule has 2 atom stereocenters. The molecule has 2 unspecified atom stereocenters. The Labute approximate surface area is 151 Å². The number of carbonyl (C=O) groups excluding carboxylic acids is 1. The molecular weight excluding hydrogens is 338 g/mol. The highest BCUT2D eigenvalue weighted by Crippen LogP contribution is 2.30. The summed E-state index contributed by atoms with van der Waals surface area (Å²) in [4.78, 5) is 15.4. The van der Waals surface area contributed by atoms with Crippen molar-refractivity contribution in [3.05, 3.63) is 46.7 Å². The Morgan fingerprint density at radius 1 is 1.24 bits per heavy atom. The maximum Gasteiger partial charge on any atom is 0.314 e. The Balaban J connectivity index is 1.44. The van der Waals surface area contributed by atoms with Crippen LogP contribution in [0.4, 0.5) is 4.79 Å². The topological polar surface area (TPSA) is 62.8 Å². The van der Waals surface area contributed by atoms with Gasteiger partial charge in [0.15, 0.2) is 17.6 Å². The smallest absolute Gasteiger partial charge is 0.314 e. The molecule has 0 saturated carbocycles. The van der Waals surface area contributed by atoms with E-state index in [1.807, 2.05) is 49.8 Å². The van der Waals surface area contributed by atoms with Crippen LogP contribution >= 0.6 is 11.3 Å². The quantitative estimate of drug-likeness (QED) is 0.830. The van der Waals surface area contributed by atoms with Gasteiger partial charge in [-0.1, -0.05) is 18.2 Å². The van der Waals surface area contributed by atoms with E-state index in [9.17, 15) is 4.79 Å². The van der Waals surface area contributed by atoms with E-state index in [-0.39, 0.29) is 18.2 Å². The number of fused-ring (bicyclic) bond motifs is 1. The molecular formula is C18H23N3O3S. The van der Waals surface area contributed by atoms with Crippen molar-refractivity contribution in [1.82, 2.24) is 15.5 Å². The van der Waals surface area contributed by atoms with Gasteiger partial charge in [0.2, 0.25) is 0 Å². The molecule has 7 heteroatoms. The summed E-state index contributed by atoms with van der Waals surface area (Å²) < 4.78 is 11.5. The summed E-state index contributed by atoms with van der Waals surface area (Å²) in [5.74, 6) is 1.46. The second-order valence-corrected chi connectivity index (χ2v) is 7.06. The second kappa shape index (κ2) is 8.22. The SMILES string of the molecule is CN(C)C(CNC(=O)NCC1COc2ccccc2O1)c1cccs1. The number of nitrogens with one attached hydrogen (secondary N) is 2. The zero-order chi connectivity index (χ0) is 17.6. The maximum absolute atomic E-state index is 12.1. The molecule has 1 aliphatic rings. The van der Waals surface area contributed by atoms with E-state index >= 15 is 0 Å². The number of hydrogen-bond donors (Lipinski definition) is 2. The van der Waals surface area contributed by atoms with Crippen LogP contribution in [0, 0.1) is 0 Å². The van der Waals surface area contributed by atoms with Gasteiger partial charge in [-0.15, -0.1) is 11.3 Å². The third kappa shape index (κ3) is 4.64. The highest BCUT2D eigenvalue weighted by molar-refractivity contribution is 7.10. The average molecular weight is 361 g/mol. The Kier molecular flexibility index (Phi) is 5.78. The van der Waals surface area contributed by atoms with Crippen LogP contribution < -0.4 is 20.1 Å². The van der Waals surface area contributed by atoms with E-state index in [1.165, 1.54) is 4.88 Å². The molecule has 2 amide bonds. The van der Waals surface area contributed by atoms with Crippen LogP contribution in [0.2, 0.25) is 0 Å². The lowest BCUT2D eigenvalue weighted by Gasteiger charge is -2.27. The third-order valence-corrected chi connectivity index (χ3v) is 4.98. The number of rotatable bonds is 6. The van der Waals surface area contributed by atoms with Crippen LogP contribution in [0.1, 0.15) is 10.9 Å². The summed E-state index contributed by atoms with van der Waals surface area (Å²) in [6.45, 7) is 1.36. The molecule has 2 N–H and O–H groups in total. The predicted octanol–water partition coefficient (Wildman–Crippen LogP) is 2.49. The zero-order valence-electron chi connectivity index (χ0n) is 14.4. The van der Waals surface area contributed by atoms with Crippen molar-refractivity contribution < 1.29 is 14.3 Å². The molecule has 3 rings (SSSR count). The lowest BCUT2D eigenvalue weighted by molar-refractivity contribution is 0.0917. The van der Waals surface area contributed by atoms with Crippen molar-refractivity contribution in [1.29, 1.82) is 0 Å². The molecule has 6 nitrogen and oxygen atoms in total. The molecule has 0 fully saturated rings. The van der Waals surface area contributed by atoms with Gasteiger partial charge in [0.25, 0.3) is 0 Å². The molecule has 0 saturated heterocycles. The highest BCUT2D eigenvalue weighted by atomic mass is 32.1. The van der Waals surface area contributed by atoms with Crippen LogP contribution in [0.15, 0.2) is 41.8 Å². The van der Waals surface area contributed by atoms with Crippen molar-refractivity contribution in [2.45, 2.75) is 12.1 Å². The first-order valence-electron chi connectivity index (χ1n) is 8.23. The van der Waals surface area contributed by atoms with Crippen molar-refractivity contribution in [2.24, 2.45) is 0 Å². The first kappa shape index (κ1) is 17.6. The number of nitrogens with zero attached hydrogens (tertiary/aromatic N) is 1. The molecule has 1 aromatic heterocycles. The number of para-hydroxylation sites is 2. The molecule has 0 spiro atoms. The summed E-state index contributed by atoms with van der Waals surface area (Å²) >= 11 is 1.69. The van der Waals surface area contributed by atoms with Crippen molar-refractivity contribution >= 4 is 17.4 Å². The number of likely N-dealkylation sites (N-methyl/N-ethyl adjacent to an activating group) is 1. The Bertz CT molecular complexity index is 691. The summed E-state index contributed by atoms with van der Waals surface area (Å²) in [5.41, 5.74) is 0. The van der Waals surface area contributed by atoms with Gasteiger partial charge >= 0.3 is 6.03 Å². The number of amides is 2. The van der Waals surface area contributed by atoms with Crippen LogP contribution in [-0.4, -0.2) is 50.8 Å². The van der Waals surface area contributed by atoms with Gasteiger partial charge in [0.1, 0.15) is 6.61 Å². The lowest BCUT2D eigenvalue weighted by Crippen LogP contribution is -2.46. The summed E-state index contributed by atoms with van der Waals surface area (Å²) in [5, 5.41) is 7.83. The van der Waals surface area contributed by atoms with Crippen LogP contribution in [0.3, 0.4) is 0 Å². The van der Waals surface area contributed by atoms with E-state index in [4.69, 9.17) is 9.47 Å². The molecule has 1 aliphatic heterocycles. The minimum atomic E-state index is -0.203. The number of urea groups is 1. The molecule has 2 heterocycles. The summed E-state index contributed by atoms with van der Waals surface area (Å²) in [6.07, 6.45) is -0.192. The molecule has 0 aliphatic carbocycles. The minimum Gasteiger partial charge on any atom is -0.486 e. The third-order valence-electron chi connectivity index (χ3n) is 4.01. The average Bonchev–Trinajstić information content (AvgIpc) is 3.14. The number of thiophene rings is 1. The van der Waals surface area contributed by atoms with Crippen molar-refractivity contribution in [2.75, 3.05) is 33.8 Å². The Hall–Kier alpha value is -2.25. The number of benzene rings is 1. The largest absolute Gasteiger partial charge is 0.486 e. The van der Waals surface area contributed by atoms with E-state index in [0.29, 0.717) is 25.4 Å². The Morgan fingerprint density at radius 3 is 2.76 bits per heavy atom. The number of ether oxygens (including phenoxy) is 2. The fourth-order valence-electron chi connectivity index (χ4n) is 2.64. The van der Waals surface area contributed by atoms with Gasteiger partial charge in [-0.3, -0.25) is 0 Å². The molecule has 1 aromatic carbocycles. The maximum atomic E-state index is 12.1. The van der Waals surface area contributed by atoms with Crippen LogP contribution in [0.5, 0.6) is 11.5 Å². The van der Waals surface area contributed by atoms with Gasteiger partial charge in [-0.05, 0) is 37.7 Å². The molecule has 0 radical (unpaired) electrons. The van der Waals surface area contributed by atoms with Gasteiger partial charge in [-0.25, -0.2) is 4.79 Å². The number of hydrogen-bond acceptors (Lipinski definition) is 5. The summed E-state index contributed by atoms with van der Waals surface area (Å²) in [7, 11) is 4.02. The van der Waals surface area contributed by atoms with E-state index < -0.39 is 0 Å². The zero-order valence-corrected chi connectivity index (χ0v) is 15.2. The Morgan fingerprint density at radius 2 is 2.04 bits per heavy atom. The fraction of sp³-hybridized carbons (Fsp3) is 0.389. The molecule has 25 heavy (non-hydrogen) atoms.